The van der Waals surface area contributed by atoms with E-state index in [9.17, 15) is 19.2 Å². The molecular weight excluding hydrogens is 254 g/mol. The number of nitrogens with two attached hydrogens (primary N) is 2. The van der Waals surface area contributed by atoms with E-state index in [0.29, 0.717) is 13.1 Å². The first kappa shape index (κ1) is 18.9. The van der Waals surface area contributed by atoms with Gasteiger partial charge in [-0.15, -0.1) is 0 Å². The Hall–Kier alpha value is -2.50. The zero-order chi connectivity index (χ0) is 14.9. The van der Waals surface area contributed by atoms with E-state index in [-0.39, 0.29) is 0 Å². The number of hydrogen-bond acceptors (Lipinski definition) is 6. The van der Waals surface area contributed by atoms with Crippen LogP contribution in [0.25, 0.3) is 0 Å². The Morgan fingerprint density at radius 1 is 0.842 bits per heavy atom. The molecule has 0 fully saturated rings. The first-order valence-corrected chi connectivity index (χ1v) is 5.47. The number of unbranched alkanes of at least 4 members (excludes halogenated alkanes) is 3. The van der Waals surface area contributed by atoms with Gasteiger partial charge in [-0.2, -0.15) is 0 Å². The molecule has 0 aromatic heterocycles. The topological polar surface area (TPSA) is 157 Å². The van der Waals surface area contributed by atoms with Crippen LogP contribution < -0.4 is 16.8 Å². The van der Waals surface area contributed by atoms with Gasteiger partial charge < -0.3 is 11.5 Å². The van der Waals surface area contributed by atoms with E-state index in [1.165, 1.54) is 12.2 Å². The minimum atomic E-state index is -0.938. The van der Waals surface area contributed by atoms with Crippen molar-refractivity contribution in [2.75, 3.05) is 13.1 Å². The monoisotopic (exact) mass is 271 g/mol. The van der Waals surface area contributed by atoms with Gasteiger partial charge in [0.1, 0.15) is 0 Å². The van der Waals surface area contributed by atoms with Crippen LogP contribution in [0.2, 0.25) is 0 Å². The smallest absolute Gasteiger partial charge is 0.320 e. The van der Waals surface area contributed by atoms with Gasteiger partial charge in [-0.05, 0) is 12.8 Å². The van der Waals surface area contributed by atoms with Gasteiger partial charge >= 0.3 is 12.1 Å². The third kappa shape index (κ3) is 25.6. The number of imide groups is 1. The largest absolute Gasteiger partial charge is 0.351 e. The quantitative estimate of drug-likeness (QED) is 0.337. The lowest BCUT2D eigenvalue weighted by molar-refractivity contribution is 0.236. The van der Waals surface area contributed by atoms with Gasteiger partial charge in [0.2, 0.25) is 12.2 Å². The summed E-state index contributed by atoms with van der Waals surface area (Å²) in [6.45, 7) is 1.11. The standard InChI is InChI=1S/C8H12N2O2.C2H5N3O2/c11-7-9-5-3-1-2-4-6-10-8-12;3-1(6)5-2(4)7/h1-6H2;(H5,3,4,5,6,7). The number of hydrogen-bond donors (Lipinski definition) is 3. The maximum atomic E-state index is 9.63. The highest BCUT2D eigenvalue weighted by Gasteiger charge is 1.92. The van der Waals surface area contributed by atoms with Crippen molar-refractivity contribution in [3.63, 3.8) is 0 Å². The van der Waals surface area contributed by atoms with Crippen LogP contribution in [0.3, 0.4) is 0 Å². The van der Waals surface area contributed by atoms with Crippen molar-refractivity contribution in [1.29, 1.82) is 0 Å². The van der Waals surface area contributed by atoms with E-state index in [1.807, 2.05) is 0 Å². The maximum Gasteiger partial charge on any atom is 0.320 e. The molecule has 0 heterocycles. The number of rotatable bonds is 7. The van der Waals surface area contributed by atoms with Crippen molar-refractivity contribution in [1.82, 2.24) is 5.32 Å². The Kier molecular flexibility index (Phi) is 15.4. The summed E-state index contributed by atoms with van der Waals surface area (Å²) in [5.41, 5.74) is 8.88. The molecule has 106 valence electrons. The predicted octanol–water partition coefficient (Wildman–Crippen LogP) is -0.0482. The van der Waals surface area contributed by atoms with Crippen molar-refractivity contribution in [3.8, 4) is 0 Å². The number of urea groups is 2. The minimum Gasteiger partial charge on any atom is -0.351 e. The number of amides is 4. The van der Waals surface area contributed by atoms with Crippen LogP contribution in [0, 0.1) is 0 Å². The molecule has 0 spiro atoms. The van der Waals surface area contributed by atoms with Crippen LogP contribution in [0.1, 0.15) is 25.7 Å². The van der Waals surface area contributed by atoms with Crippen LogP contribution in [0.4, 0.5) is 9.59 Å². The van der Waals surface area contributed by atoms with E-state index in [2.05, 4.69) is 21.5 Å². The van der Waals surface area contributed by atoms with Crippen LogP contribution in [-0.4, -0.2) is 37.3 Å². The summed E-state index contributed by atoms with van der Waals surface area (Å²) in [4.78, 5) is 45.3. The van der Waals surface area contributed by atoms with Gasteiger partial charge in [0.15, 0.2) is 0 Å². The zero-order valence-corrected chi connectivity index (χ0v) is 10.4. The molecule has 0 bridgehead atoms. The highest BCUT2D eigenvalue weighted by Crippen LogP contribution is 1.99. The second-order valence-electron chi connectivity index (χ2n) is 3.21. The van der Waals surface area contributed by atoms with E-state index in [1.54, 1.807) is 5.32 Å². The van der Waals surface area contributed by atoms with Crippen LogP contribution in [-0.2, 0) is 9.59 Å². The lowest BCUT2D eigenvalue weighted by atomic mass is 10.2. The fourth-order valence-corrected chi connectivity index (χ4v) is 0.948. The third-order valence-electron chi connectivity index (χ3n) is 1.67. The molecule has 0 aromatic rings. The summed E-state index contributed by atoms with van der Waals surface area (Å²) in [5.74, 6) is 0. The summed E-state index contributed by atoms with van der Waals surface area (Å²) in [6.07, 6.45) is 6.80. The Morgan fingerprint density at radius 2 is 1.21 bits per heavy atom. The predicted molar refractivity (Wildman–Crippen MR) is 66.7 cm³/mol. The summed E-state index contributed by atoms with van der Waals surface area (Å²) >= 11 is 0. The van der Waals surface area contributed by atoms with Gasteiger partial charge in [-0.3, -0.25) is 5.32 Å². The third-order valence-corrected chi connectivity index (χ3v) is 1.67. The Morgan fingerprint density at radius 3 is 1.42 bits per heavy atom. The Balaban J connectivity index is 0. The molecule has 0 aliphatic heterocycles. The van der Waals surface area contributed by atoms with Crippen molar-refractivity contribution < 1.29 is 19.2 Å². The molecule has 19 heavy (non-hydrogen) atoms. The van der Waals surface area contributed by atoms with Crippen molar-refractivity contribution in [2.24, 2.45) is 21.5 Å². The molecule has 9 nitrogen and oxygen atoms in total. The zero-order valence-electron chi connectivity index (χ0n) is 10.4. The lowest BCUT2D eigenvalue weighted by Crippen LogP contribution is -2.38. The lowest BCUT2D eigenvalue weighted by Gasteiger charge is -1.93. The maximum absolute atomic E-state index is 9.63. The van der Waals surface area contributed by atoms with Crippen LogP contribution in [0.15, 0.2) is 9.98 Å². The summed E-state index contributed by atoms with van der Waals surface area (Å²) in [7, 11) is 0. The summed E-state index contributed by atoms with van der Waals surface area (Å²) < 4.78 is 0. The highest BCUT2D eigenvalue weighted by atomic mass is 16.2. The number of carbonyl (C=O) groups is 2. The summed E-state index contributed by atoms with van der Waals surface area (Å²) in [5, 5.41) is 1.58. The molecule has 0 saturated heterocycles. The highest BCUT2D eigenvalue weighted by molar-refractivity contribution is 5.91. The number of aliphatic imine (C=N–C) groups is 2. The fourth-order valence-electron chi connectivity index (χ4n) is 0.948. The van der Waals surface area contributed by atoms with E-state index in [4.69, 9.17) is 0 Å². The van der Waals surface area contributed by atoms with E-state index < -0.39 is 12.1 Å². The van der Waals surface area contributed by atoms with Crippen LogP contribution >= 0.6 is 0 Å². The SMILES string of the molecule is NC(=O)NC(N)=O.O=C=NCCCCCCN=C=O. The first-order chi connectivity index (χ1) is 9.04. The van der Waals surface area contributed by atoms with Gasteiger partial charge in [0.05, 0.1) is 13.1 Å². The molecule has 0 radical (unpaired) electrons. The average Bonchev–Trinajstić information content (AvgIpc) is 2.32. The molecular formula is C10H17N5O4. The molecule has 4 amide bonds. The Labute approximate surface area is 110 Å². The molecule has 0 atom stereocenters. The molecule has 0 saturated carbocycles. The van der Waals surface area contributed by atoms with Crippen molar-refractivity contribution in [3.05, 3.63) is 0 Å². The van der Waals surface area contributed by atoms with Gasteiger partial charge in [0.25, 0.3) is 0 Å². The van der Waals surface area contributed by atoms with Gasteiger partial charge in [-0.25, -0.2) is 29.2 Å². The number of primary amides is 2. The second-order valence-corrected chi connectivity index (χ2v) is 3.21. The molecule has 0 aliphatic rings. The summed E-state index contributed by atoms with van der Waals surface area (Å²) in [6, 6.07) is -1.88. The first-order valence-electron chi connectivity index (χ1n) is 5.47. The molecule has 0 aromatic carbocycles. The normalized spacial score (nSPS) is 8.00. The number of isocyanates is 2. The minimum absolute atomic E-state index is 0.556. The average molecular weight is 271 g/mol. The molecule has 0 rings (SSSR count). The molecule has 0 aliphatic carbocycles. The number of nitrogens with one attached hydrogen (secondary N) is 1. The van der Waals surface area contributed by atoms with Gasteiger partial charge in [0, 0.05) is 0 Å². The van der Waals surface area contributed by atoms with Crippen molar-refractivity contribution in [2.45, 2.75) is 25.7 Å². The Bertz CT molecular complexity index is 325. The molecule has 5 N–H and O–H groups in total. The number of carbonyl (C=O) groups excluding carboxylic acids is 4. The molecule has 9 heteroatoms. The fraction of sp³-hybridized carbons (Fsp3) is 0.600. The van der Waals surface area contributed by atoms with Crippen LogP contribution in [0.5, 0.6) is 0 Å². The van der Waals surface area contributed by atoms with Gasteiger partial charge in [-0.1, -0.05) is 12.8 Å². The number of nitrogens with zero attached hydrogens (tertiary/aromatic N) is 2. The second kappa shape index (κ2) is 15.5. The van der Waals surface area contributed by atoms with E-state index >= 15 is 0 Å². The van der Waals surface area contributed by atoms with Crippen molar-refractivity contribution >= 4 is 24.2 Å². The molecule has 0 unspecified atom stereocenters. The van der Waals surface area contributed by atoms with E-state index in [0.717, 1.165) is 25.7 Å².